The molecule has 0 unspecified atom stereocenters. The molecule has 0 bridgehead atoms. The Kier molecular flexibility index (Phi) is 5.37. The first-order chi connectivity index (χ1) is 9.74. The lowest BCUT2D eigenvalue weighted by atomic mass is 9.86. The molecule has 1 fully saturated rings. The van der Waals surface area contributed by atoms with Crippen LogP contribution in [0.2, 0.25) is 0 Å². The molecule has 1 aromatic heterocycles. The summed E-state index contributed by atoms with van der Waals surface area (Å²) < 4.78 is 0. The molecule has 0 aliphatic heterocycles. The van der Waals surface area contributed by atoms with E-state index in [0.717, 1.165) is 38.1 Å². The van der Waals surface area contributed by atoms with E-state index >= 15 is 0 Å². The molecule has 1 aliphatic carbocycles. The molecule has 0 atom stereocenters. The molecule has 1 aliphatic rings. The second-order valence-corrected chi connectivity index (χ2v) is 5.34. The lowest BCUT2D eigenvalue weighted by Gasteiger charge is -2.33. The van der Waals surface area contributed by atoms with E-state index in [-0.39, 0.29) is 6.61 Å². The Morgan fingerprint density at radius 3 is 2.45 bits per heavy atom. The zero-order chi connectivity index (χ0) is 14.4. The summed E-state index contributed by atoms with van der Waals surface area (Å²) in [7, 11) is 2.07. The van der Waals surface area contributed by atoms with Gasteiger partial charge < -0.3 is 10.0 Å². The predicted octanol–water partition coefficient (Wildman–Crippen LogP) is 2.03. The van der Waals surface area contributed by atoms with Crippen molar-refractivity contribution < 1.29 is 5.11 Å². The van der Waals surface area contributed by atoms with Crippen LogP contribution >= 0.6 is 0 Å². The fourth-order valence-corrected chi connectivity index (χ4v) is 2.67. The summed E-state index contributed by atoms with van der Waals surface area (Å²) in [6.45, 7) is 2.08. The molecule has 1 aromatic rings. The average molecular weight is 273 g/mol. The van der Waals surface area contributed by atoms with Gasteiger partial charge >= 0.3 is 0 Å². The van der Waals surface area contributed by atoms with Crippen LogP contribution in [0.1, 0.15) is 38.2 Å². The van der Waals surface area contributed by atoms with Gasteiger partial charge in [-0.15, -0.1) is 0 Å². The lowest BCUT2D eigenvalue weighted by molar-refractivity contribution is 0.347. The van der Waals surface area contributed by atoms with E-state index in [9.17, 15) is 0 Å². The summed E-state index contributed by atoms with van der Waals surface area (Å²) in [6, 6.07) is 0.495. The first-order valence-corrected chi connectivity index (χ1v) is 7.37. The van der Waals surface area contributed by atoms with Crippen LogP contribution in [0.5, 0.6) is 0 Å². The molecule has 0 spiro atoms. The number of anilines is 1. The molecule has 4 nitrogen and oxygen atoms in total. The van der Waals surface area contributed by atoms with Gasteiger partial charge in [0.25, 0.3) is 0 Å². The SMILES string of the molecule is CCc1cnc(N(C)[C@H]2CC[C@H](C#CCO)CC2)nc1. The molecule has 2 rings (SSSR count). The predicted molar refractivity (Wildman–Crippen MR) is 80.4 cm³/mol. The Balaban J connectivity index is 1.92. The van der Waals surface area contributed by atoms with Crippen molar-refractivity contribution in [1.82, 2.24) is 9.97 Å². The zero-order valence-electron chi connectivity index (χ0n) is 12.3. The number of aryl methyl sites for hydroxylation is 1. The summed E-state index contributed by atoms with van der Waals surface area (Å²) >= 11 is 0. The third-order valence-electron chi connectivity index (χ3n) is 4.05. The topological polar surface area (TPSA) is 49.2 Å². The van der Waals surface area contributed by atoms with Crippen LogP contribution < -0.4 is 4.90 Å². The van der Waals surface area contributed by atoms with Gasteiger partial charge in [0, 0.05) is 31.4 Å². The van der Waals surface area contributed by atoms with Gasteiger partial charge in [-0.3, -0.25) is 0 Å². The van der Waals surface area contributed by atoms with Crippen LogP contribution in [-0.4, -0.2) is 34.8 Å². The van der Waals surface area contributed by atoms with Gasteiger partial charge in [0.05, 0.1) is 0 Å². The van der Waals surface area contributed by atoms with Gasteiger partial charge in [0.1, 0.15) is 6.61 Å². The third kappa shape index (κ3) is 3.71. The van der Waals surface area contributed by atoms with E-state index in [1.807, 2.05) is 12.4 Å². The van der Waals surface area contributed by atoms with Gasteiger partial charge in [0.2, 0.25) is 5.95 Å². The molecule has 0 aromatic carbocycles. The van der Waals surface area contributed by atoms with Crippen molar-refractivity contribution in [2.24, 2.45) is 5.92 Å². The van der Waals surface area contributed by atoms with Gasteiger partial charge in [-0.2, -0.15) is 0 Å². The summed E-state index contributed by atoms with van der Waals surface area (Å²) in [5.74, 6) is 7.16. The van der Waals surface area contributed by atoms with Crippen LogP contribution in [0.4, 0.5) is 5.95 Å². The Hall–Kier alpha value is -1.60. The third-order valence-corrected chi connectivity index (χ3v) is 4.05. The summed E-state index contributed by atoms with van der Waals surface area (Å²) in [5.41, 5.74) is 1.17. The average Bonchev–Trinajstić information content (AvgIpc) is 2.53. The minimum atomic E-state index is -0.0303. The Morgan fingerprint density at radius 2 is 1.90 bits per heavy atom. The standard InChI is InChI=1S/C16H23N3O/c1-3-13-11-17-16(18-12-13)19(2)15-8-6-14(7-9-15)5-4-10-20/h11-12,14-15,20H,3,6-10H2,1-2H3/t14-,15-. The molecule has 1 saturated carbocycles. The van der Waals surface area contributed by atoms with Crippen molar-refractivity contribution in [3.05, 3.63) is 18.0 Å². The second kappa shape index (κ2) is 7.25. The van der Waals surface area contributed by atoms with Crippen molar-refractivity contribution in [1.29, 1.82) is 0 Å². The maximum Gasteiger partial charge on any atom is 0.225 e. The minimum absolute atomic E-state index is 0.0303. The Bertz CT molecular complexity index is 467. The zero-order valence-corrected chi connectivity index (χ0v) is 12.3. The Labute approximate surface area is 121 Å². The van der Waals surface area contributed by atoms with E-state index in [2.05, 4.69) is 40.7 Å². The van der Waals surface area contributed by atoms with Crippen molar-refractivity contribution >= 4 is 5.95 Å². The fourth-order valence-electron chi connectivity index (χ4n) is 2.67. The highest BCUT2D eigenvalue weighted by molar-refractivity contribution is 5.30. The van der Waals surface area contributed by atoms with Crippen LogP contribution in [0, 0.1) is 17.8 Å². The molecule has 1 N–H and O–H groups in total. The highest BCUT2D eigenvalue weighted by Gasteiger charge is 2.24. The summed E-state index contributed by atoms with van der Waals surface area (Å²) in [6.07, 6.45) is 9.21. The minimum Gasteiger partial charge on any atom is -0.384 e. The number of nitrogens with zero attached hydrogens (tertiary/aromatic N) is 3. The lowest BCUT2D eigenvalue weighted by Crippen LogP contribution is -2.36. The van der Waals surface area contributed by atoms with E-state index in [1.54, 1.807) is 0 Å². The molecule has 0 saturated heterocycles. The number of aliphatic hydroxyl groups is 1. The number of aromatic nitrogens is 2. The van der Waals surface area contributed by atoms with Crippen molar-refractivity contribution in [3.8, 4) is 11.8 Å². The van der Waals surface area contributed by atoms with Gasteiger partial charge in [-0.1, -0.05) is 18.8 Å². The molecular weight excluding hydrogens is 250 g/mol. The normalized spacial score (nSPS) is 21.9. The van der Waals surface area contributed by atoms with Gasteiger partial charge in [-0.25, -0.2) is 9.97 Å². The molecule has 0 radical (unpaired) electrons. The van der Waals surface area contributed by atoms with E-state index in [4.69, 9.17) is 5.11 Å². The van der Waals surface area contributed by atoms with E-state index < -0.39 is 0 Å². The second-order valence-electron chi connectivity index (χ2n) is 5.34. The molecular formula is C16H23N3O. The van der Waals surface area contributed by atoms with Crippen LogP contribution in [0.15, 0.2) is 12.4 Å². The summed E-state index contributed by atoms with van der Waals surface area (Å²) in [5, 5.41) is 8.73. The number of hydrogen-bond donors (Lipinski definition) is 1. The summed E-state index contributed by atoms with van der Waals surface area (Å²) in [4.78, 5) is 11.1. The van der Waals surface area contributed by atoms with Crippen molar-refractivity contribution in [2.75, 3.05) is 18.6 Å². The smallest absolute Gasteiger partial charge is 0.225 e. The first-order valence-electron chi connectivity index (χ1n) is 7.37. The molecule has 1 heterocycles. The number of rotatable bonds is 3. The largest absolute Gasteiger partial charge is 0.384 e. The quantitative estimate of drug-likeness (QED) is 0.856. The molecule has 0 amide bonds. The highest BCUT2D eigenvalue weighted by atomic mass is 16.2. The molecule has 108 valence electrons. The van der Waals surface area contributed by atoms with Crippen LogP contribution in [-0.2, 0) is 6.42 Å². The maximum atomic E-state index is 8.73. The van der Waals surface area contributed by atoms with E-state index in [0.29, 0.717) is 12.0 Å². The number of hydrogen-bond acceptors (Lipinski definition) is 4. The monoisotopic (exact) mass is 273 g/mol. The highest BCUT2D eigenvalue weighted by Crippen LogP contribution is 2.28. The first kappa shape index (κ1) is 14.8. The van der Waals surface area contributed by atoms with Crippen molar-refractivity contribution in [2.45, 2.75) is 45.1 Å². The Morgan fingerprint density at radius 1 is 1.25 bits per heavy atom. The van der Waals surface area contributed by atoms with Crippen molar-refractivity contribution in [3.63, 3.8) is 0 Å². The molecule has 20 heavy (non-hydrogen) atoms. The maximum absolute atomic E-state index is 8.73. The fraction of sp³-hybridized carbons (Fsp3) is 0.625. The van der Waals surface area contributed by atoms with E-state index in [1.165, 1.54) is 5.56 Å². The van der Waals surface area contributed by atoms with Crippen LogP contribution in [0.25, 0.3) is 0 Å². The molecule has 4 heteroatoms. The number of aliphatic hydroxyl groups excluding tert-OH is 1. The van der Waals surface area contributed by atoms with Crippen LogP contribution in [0.3, 0.4) is 0 Å². The van der Waals surface area contributed by atoms with Gasteiger partial charge in [0.15, 0.2) is 0 Å². The van der Waals surface area contributed by atoms with Gasteiger partial charge in [-0.05, 0) is 37.7 Å².